The monoisotopic (exact) mass is 450 g/mol. The molecule has 0 aliphatic heterocycles. The van der Waals surface area contributed by atoms with Gasteiger partial charge in [-0.15, -0.1) is 0 Å². The van der Waals surface area contributed by atoms with Crippen molar-refractivity contribution in [1.82, 2.24) is 10.6 Å². The second kappa shape index (κ2) is 10.3. The van der Waals surface area contributed by atoms with Crippen LogP contribution in [0.25, 0.3) is 6.08 Å². The Morgan fingerprint density at radius 1 is 1.18 bits per heavy atom. The van der Waals surface area contributed by atoms with E-state index in [1.807, 2.05) is 0 Å². The Hall–Kier alpha value is -3.07. The second-order valence-electron chi connectivity index (χ2n) is 5.64. The number of carbonyl (C=O) groups excluding carboxylic acids is 2. The number of carboxylic acid groups (broad SMARTS) is 1. The van der Waals surface area contributed by atoms with Crippen LogP contribution in [0.4, 0.5) is 0 Å². The van der Waals surface area contributed by atoms with Crippen LogP contribution in [0.3, 0.4) is 0 Å². The first-order valence-corrected chi connectivity index (χ1v) is 9.11. The number of amides is 2. The summed E-state index contributed by atoms with van der Waals surface area (Å²) in [5.41, 5.74) is 0.662. The lowest BCUT2D eigenvalue weighted by atomic mass is 10.1. The van der Waals surface area contributed by atoms with Gasteiger partial charge >= 0.3 is 5.97 Å². The first-order valence-electron chi connectivity index (χ1n) is 8.31. The number of hydrogen-bond acceptors (Lipinski definition) is 5. The van der Waals surface area contributed by atoms with E-state index in [1.165, 1.54) is 12.1 Å². The predicted molar refractivity (Wildman–Crippen MR) is 105 cm³/mol. The summed E-state index contributed by atoms with van der Waals surface area (Å²) in [4.78, 5) is 35.4. The number of rotatable bonds is 9. The number of ether oxygens (including phenoxy) is 1. The molecule has 9 heteroatoms. The highest BCUT2D eigenvalue weighted by molar-refractivity contribution is 9.10. The summed E-state index contributed by atoms with van der Waals surface area (Å²) in [6, 6.07) is 9.93. The van der Waals surface area contributed by atoms with Crippen LogP contribution in [-0.2, 0) is 9.59 Å². The van der Waals surface area contributed by atoms with Crippen LogP contribution >= 0.6 is 15.9 Å². The smallest absolute Gasteiger partial charge is 0.303 e. The Kier molecular flexibility index (Phi) is 7.82. The highest BCUT2D eigenvalue weighted by atomic mass is 79.9. The average Bonchev–Trinajstić information content (AvgIpc) is 3.11. The van der Waals surface area contributed by atoms with Gasteiger partial charge in [0.1, 0.15) is 11.4 Å². The van der Waals surface area contributed by atoms with E-state index < -0.39 is 17.8 Å². The van der Waals surface area contributed by atoms with Gasteiger partial charge in [-0.1, -0.05) is 12.1 Å². The third-order valence-corrected chi connectivity index (χ3v) is 4.00. The number of halogens is 1. The minimum atomic E-state index is -0.944. The third-order valence-electron chi connectivity index (χ3n) is 3.57. The molecule has 0 atom stereocenters. The van der Waals surface area contributed by atoms with Crippen molar-refractivity contribution in [2.45, 2.75) is 12.8 Å². The van der Waals surface area contributed by atoms with Crippen LogP contribution in [0.5, 0.6) is 5.75 Å². The van der Waals surface area contributed by atoms with Crippen LogP contribution in [0.15, 0.2) is 51.2 Å². The van der Waals surface area contributed by atoms with Crippen LogP contribution in [0.1, 0.15) is 29.0 Å². The summed E-state index contributed by atoms with van der Waals surface area (Å²) in [6.45, 7) is 0.160. The van der Waals surface area contributed by atoms with Gasteiger partial charge in [0.05, 0.1) is 7.11 Å². The van der Waals surface area contributed by atoms with Crippen LogP contribution in [0.2, 0.25) is 0 Å². The lowest BCUT2D eigenvalue weighted by molar-refractivity contribution is -0.137. The summed E-state index contributed by atoms with van der Waals surface area (Å²) in [5, 5.41) is 13.8. The highest BCUT2D eigenvalue weighted by Gasteiger charge is 2.17. The quantitative estimate of drug-likeness (QED) is 0.399. The number of benzene rings is 1. The van der Waals surface area contributed by atoms with Crippen molar-refractivity contribution >= 4 is 39.8 Å². The lowest BCUT2D eigenvalue weighted by Crippen LogP contribution is -2.35. The van der Waals surface area contributed by atoms with Gasteiger partial charge in [-0.2, -0.15) is 0 Å². The van der Waals surface area contributed by atoms with Crippen molar-refractivity contribution in [2.24, 2.45) is 0 Å². The summed E-state index contributed by atoms with van der Waals surface area (Å²) in [5.74, 6) is -1.39. The summed E-state index contributed by atoms with van der Waals surface area (Å²) >= 11 is 3.12. The third kappa shape index (κ3) is 6.58. The molecule has 0 bridgehead atoms. The maximum atomic E-state index is 12.5. The van der Waals surface area contributed by atoms with Crippen molar-refractivity contribution in [3.8, 4) is 5.75 Å². The zero-order valence-corrected chi connectivity index (χ0v) is 16.6. The number of carbonyl (C=O) groups is 3. The molecule has 0 aliphatic rings. The maximum Gasteiger partial charge on any atom is 0.303 e. The molecular formula is C19H19BrN2O6. The van der Waals surface area contributed by atoms with Gasteiger partial charge in [-0.25, -0.2) is 0 Å². The second-order valence-corrected chi connectivity index (χ2v) is 6.42. The van der Waals surface area contributed by atoms with E-state index in [0.717, 1.165) is 0 Å². The molecule has 0 saturated heterocycles. The molecular weight excluding hydrogens is 432 g/mol. The van der Waals surface area contributed by atoms with Gasteiger partial charge in [0, 0.05) is 13.0 Å². The Balaban J connectivity index is 2.15. The zero-order valence-electron chi connectivity index (χ0n) is 15.0. The number of aliphatic carboxylic acids is 1. The molecule has 1 heterocycles. The maximum absolute atomic E-state index is 12.5. The highest BCUT2D eigenvalue weighted by Crippen LogP contribution is 2.16. The van der Waals surface area contributed by atoms with Gasteiger partial charge < -0.3 is 24.9 Å². The average molecular weight is 451 g/mol. The largest absolute Gasteiger partial charge is 0.497 e. The van der Waals surface area contributed by atoms with E-state index in [-0.39, 0.29) is 30.8 Å². The number of carboxylic acids is 1. The molecule has 1 aromatic carbocycles. The van der Waals surface area contributed by atoms with E-state index in [0.29, 0.717) is 16.0 Å². The molecule has 28 heavy (non-hydrogen) atoms. The first kappa shape index (κ1) is 21.2. The van der Waals surface area contributed by atoms with E-state index in [4.69, 9.17) is 14.3 Å². The number of hydrogen-bond donors (Lipinski definition) is 3. The number of nitrogens with one attached hydrogen (secondary N) is 2. The minimum absolute atomic E-state index is 0.00184. The molecule has 0 saturated carbocycles. The minimum Gasteiger partial charge on any atom is -0.497 e. The molecule has 8 nitrogen and oxygen atoms in total. The van der Waals surface area contributed by atoms with Crippen molar-refractivity contribution in [3.63, 3.8) is 0 Å². The molecule has 2 aromatic rings. The topological polar surface area (TPSA) is 118 Å². The molecule has 0 unspecified atom stereocenters. The van der Waals surface area contributed by atoms with E-state index >= 15 is 0 Å². The molecule has 0 aliphatic carbocycles. The molecule has 0 fully saturated rings. The summed E-state index contributed by atoms with van der Waals surface area (Å²) in [7, 11) is 1.54. The van der Waals surface area contributed by atoms with Crippen molar-refractivity contribution < 1.29 is 28.6 Å². The normalized spacial score (nSPS) is 11.0. The van der Waals surface area contributed by atoms with Gasteiger partial charge in [0.25, 0.3) is 11.8 Å². The van der Waals surface area contributed by atoms with E-state index in [1.54, 1.807) is 37.4 Å². The molecule has 0 radical (unpaired) electrons. The first-order chi connectivity index (χ1) is 13.4. The Morgan fingerprint density at radius 3 is 2.46 bits per heavy atom. The van der Waals surface area contributed by atoms with E-state index in [9.17, 15) is 14.4 Å². The molecule has 3 N–H and O–H groups in total. The Bertz CT molecular complexity index is 873. The summed E-state index contributed by atoms with van der Waals surface area (Å²) in [6.07, 6.45) is 1.71. The fourth-order valence-electron chi connectivity index (χ4n) is 2.18. The van der Waals surface area contributed by atoms with Gasteiger partial charge in [0.2, 0.25) is 0 Å². The Labute approximate surface area is 169 Å². The van der Waals surface area contributed by atoms with Crippen molar-refractivity contribution in [2.75, 3.05) is 13.7 Å². The lowest BCUT2D eigenvalue weighted by Gasteiger charge is -2.10. The Morgan fingerprint density at radius 2 is 1.89 bits per heavy atom. The molecule has 2 amide bonds. The molecule has 2 rings (SSSR count). The molecule has 148 valence electrons. The predicted octanol–water partition coefficient (Wildman–Crippen LogP) is 2.80. The SMILES string of the molecule is COc1ccc(C=C(NC(=O)c2ccc(Br)o2)C(=O)NCCCC(=O)O)cc1. The van der Waals surface area contributed by atoms with Crippen molar-refractivity contribution in [1.29, 1.82) is 0 Å². The van der Waals surface area contributed by atoms with Gasteiger partial charge in [-0.3, -0.25) is 14.4 Å². The fourth-order valence-corrected chi connectivity index (χ4v) is 2.49. The summed E-state index contributed by atoms with van der Waals surface area (Å²) < 4.78 is 10.7. The zero-order chi connectivity index (χ0) is 20.5. The number of furan rings is 1. The molecule has 1 aromatic heterocycles. The van der Waals surface area contributed by atoms with Crippen molar-refractivity contribution in [3.05, 3.63) is 58.1 Å². The van der Waals surface area contributed by atoms with Crippen LogP contribution in [0, 0.1) is 0 Å². The van der Waals surface area contributed by atoms with Crippen LogP contribution < -0.4 is 15.4 Å². The number of methoxy groups -OCH3 is 1. The molecule has 0 spiro atoms. The van der Waals surface area contributed by atoms with E-state index in [2.05, 4.69) is 26.6 Å². The van der Waals surface area contributed by atoms with Crippen LogP contribution in [-0.4, -0.2) is 36.5 Å². The standard InChI is InChI=1S/C19H19BrN2O6/c1-27-13-6-4-12(5-7-13)11-14(18(25)21-10-2-3-17(23)24)22-19(26)15-8-9-16(20)28-15/h4-9,11H,2-3,10H2,1H3,(H,21,25)(H,22,26)(H,23,24). The van der Waals surface area contributed by atoms with Gasteiger partial charge in [0.15, 0.2) is 10.4 Å². The fraction of sp³-hybridized carbons (Fsp3) is 0.211. The van der Waals surface area contributed by atoms with Gasteiger partial charge in [-0.05, 0) is 58.3 Å².